The van der Waals surface area contributed by atoms with Crippen molar-refractivity contribution >= 4 is 0 Å². The van der Waals surface area contributed by atoms with Crippen LogP contribution in [0.4, 0.5) is 0 Å². The van der Waals surface area contributed by atoms with Gasteiger partial charge in [0, 0.05) is 5.92 Å². The molecule has 0 aliphatic heterocycles. The molecule has 1 rings (SSSR count). The largest absolute Gasteiger partial charge is 0.339 e. The second-order valence-corrected chi connectivity index (χ2v) is 4.07. The predicted octanol–water partition coefficient (Wildman–Crippen LogP) is 3.16. The number of aromatic nitrogens is 2. The molecule has 0 aromatic carbocycles. The molecule has 0 N–H and O–H groups in total. The molecule has 0 spiro atoms. The van der Waals surface area contributed by atoms with E-state index in [0.717, 1.165) is 5.92 Å². The van der Waals surface area contributed by atoms with Crippen LogP contribution >= 0.6 is 0 Å². The molecule has 1 heterocycles. The Bertz CT molecular complexity index is 226. The normalized spacial score (nSPS) is 10.2. The molecule has 0 saturated carbocycles. The van der Waals surface area contributed by atoms with Gasteiger partial charge in [0.1, 0.15) is 0 Å². The summed E-state index contributed by atoms with van der Waals surface area (Å²) in [5, 5.41) is 3.65. The fourth-order valence-electron chi connectivity index (χ4n) is 0.548. The summed E-state index contributed by atoms with van der Waals surface area (Å²) in [6.45, 7) is 12.4. The first-order chi connectivity index (χ1) is 5.93. The minimum absolute atomic E-state index is 0.339. The number of rotatable bonds is 1. The van der Waals surface area contributed by atoms with Crippen molar-refractivity contribution in [2.45, 2.75) is 47.5 Å². The number of nitrogens with zero attached hydrogens (tertiary/aromatic N) is 2. The Hall–Kier alpha value is -0.860. The summed E-state index contributed by atoms with van der Waals surface area (Å²) in [6, 6.07) is 0. The molecule has 0 aliphatic carbocycles. The first kappa shape index (κ1) is 12.1. The van der Waals surface area contributed by atoms with Gasteiger partial charge in [-0.25, -0.2) is 0 Å². The standard InChI is InChI=1S/C6H10N2O.C4H10/c1-4(2)6-7-5(3)8-9-6;1-4(2)3/h4H,1-3H3;4H,1-3H3. The molecule has 0 amide bonds. The highest BCUT2D eigenvalue weighted by Gasteiger charge is 2.05. The van der Waals surface area contributed by atoms with Crippen molar-refractivity contribution in [2.24, 2.45) is 5.92 Å². The zero-order valence-corrected chi connectivity index (χ0v) is 9.46. The lowest BCUT2D eigenvalue weighted by Crippen LogP contribution is -1.85. The first-order valence-electron chi connectivity index (χ1n) is 4.73. The second-order valence-electron chi connectivity index (χ2n) is 4.07. The Kier molecular flexibility index (Phi) is 5.35. The molecule has 1 aromatic rings. The Morgan fingerprint density at radius 3 is 1.69 bits per heavy atom. The van der Waals surface area contributed by atoms with Crippen LogP contribution in [0.25, 0.3) is 0 Å². The van der Waals surface area contributed by atoms with Crippen LogP contribution in [0.15, 0.2) is 4.52 Å². The SMILES string of the molecule is CC(C)C.Cc1noc(C(C)C)n1. The Morgan fingerprint density at radius 1 is 1.08 bits per heavy atom. The first-order valence-corrected chi connectivity index (χ1v) is 4.73. The summed E-state index contributed by atoms with van der Waals surface area (Å²) in [6.07, 6.45) is 0. The van der Waals surface area contributed by atoms with Gasteiger partial charge < -0.3 is 4.52 Å². The maximum absolute atomic E-state index is 4.86. The average molecular weight is 184 g/mol. The highest BCUT2D eigenvalue weighted by Crippen LogP contribution is 2.09. The van der Waals surface area contributed by atoms with Gasteiger partial charge in [-0.15, -0.1) is 0 Å². The predicted molar refractivity (Wildman–Crippen MR) is 53.6 cm³/mol. The van der Waals surface area contributed by atoms with Crippen LogP contribution in [0.2, 0.25) is 0 Å². The third kappa shape index (κ3) is 6.31. The Balaban J connectivity index is 0.000000310. The van der Waals surface area contributed by atoms with Gasteiger partial charge in [0.25, 0.3) is 0 Å². The van der Waals surface area contributed by atoms with Gasteiger partial charge in [-0.3, -0.25) is 0 Å². The van der Waals surface area contributed by atoms with Crippen molar-refractivity contribution < 1.29 is 4.52 Å². The van der Waals surface area contributed by atoms with Gasteiger partial charge in [-0.05, 0) is 12.8 Å². The summed E-state index contributed by atoms with van der Waals surface area (Å²) < 4.78 is 4.86. The average Bonchev–Trinajstić information content (AvgIpc) is 2.34. The molecule has 0 saturated heterocycles. The Labute approximate surface area is 80.5 Å². The number of hydrogen-bond donors (Lipinski definition) is 0. The third-order valence-corrected chi connectivity index (χ3v) is 1.04. The molecule has 0 unspecified atom stereocenters. The van der Waals surface area contributed by atoms with Crippen LogP contribution < -0.4 is 0 Å². The molecule has 0 atom stereocenters. The summed E-state index contributed by atoms with van der Waals surface area (Å²) in [5.74, 6) is 2.59. The summed E-state index contributed by atoms with van der Waals surface area (Å²) in [5.41, 5.74) is 0. The molecule has 0 radical (unpaired) electrons. The van der Waals surface area contributed by atoms with Crippen molar-refractivity contribution in [3.63, 3.8) is 0 Å². The molecule has 1 aromatic heterocycles. The lowest BCUT2D eigenvalue weighted by Gasteiger charge is -1.91. The smallest absolute Gasteiger partial charge is 0.229 e. The van der Waals surface area contributed by atoms with Crippen molar-refractivity contribution in [1.82, 2.24) is 10.1 Å². The molecule has 0 aliphatic rings. The monoisotopic (exact) mass is 184 g/mol. The highest BCUT2D eigenvalue weighted by atomic mass is 16.5. The summed E-state index contributed by atoms with van der Waals surface area (Å²) in [7, 11) is 0. The molecular formula is C10H20N2O. The van der Waals surface area contributed by atoms with E-state index in [2.05, 4.69) is 30.9 Å². The molecule has 3 heteroatoms. The van der Waals surface area contributed by atoms with Gasteiger partial charge in [0.2, 0.25) is 5.89 Å². The number of aryl methyl sites for hydroxylation is 1. The van der Waals surface area contributed by atoms with Crippen LogP contribution in [0.5, 0.6) is 0 Å². The van der Waals surface area contributed by atoms with Crippen LogP contribution in [0.1, 0.15) is 52.3 Å². The van der Waals surface area contributed by atoms with E-state index >= 15 is 0 Å². The minimum atomic E-state index is 0.339. The van der Waals surface area contributed by atoms with Gasteiger partial charge in [-0.1, -0.05) is 39.8 Å². The maximum atomic E-state index is 4.86. The van der Waals surface area contributed by atoms with Crippen LogP contribution in [-0.4, -0.2) is 10.1 Å². The van der Waals surface area contributed by atoms with Gasteiger partial charge in [0.15, 0.2) is 5.82 Å². The molecule has 0 bridgehead atoms. The number of hydrogen-bond acceptors (Lipinski definition) is 3. The molecule has 76 valence electrons. The van der Waals surface area contributed by atoms with E-state index in [0.29, 0.717) is 17.6 Å². The van der Waals surface area contributed by atoms with E-state index < -0.39 is 0 Å². The molecule has 13 heavy (non-hydrogen) atoms. The highest BCUT2D eigenvalue weighted by molar-refractivity contribution is 4.87. The summed E-state index contributed by atoms with van der Waals surface area (Å²) >= 11 is 0. The second kappa shape index (κ2) is 5.73. The van der Waals surface area contributed by atoms with Gasteiger partial charge in [0.05, 0.1) is 0 Å². The maximum Gasteiger partial charge on any atom is 0.229 e. The molecule has 3 nitrogen and oxygen atoms in total. The van der Waals surface area contributed by atoms with E-state index in [1.165, 1.54) is 0 Å². The molecule has 0 fully saturated rings. The van der Waals surface area contributed by atoms with Crippen molar-refractivity contribution in [3.8, 4) is 0 Å². The topological polar surface area (TPSA) is 38.9 Å². The molecular weight excluding hydrogens is 164 g/mol. The van der Waals surface area contributed by atoms with E-state index in [9.17, 15) is 0 Å². The van der Waals surface area contributed by atoms with Crippen molar-refractivity contribution in [2.75, 3.05) is 0 Å². The lowest BCUT2D eigenvalue weighted by atomic mass is 10.2. The fraction of sp³-hybridized carbons (Fsp3) is 0.800. The van der Waals surface area contributed by atoms with Crippen LogP contribution in [0.3, 0.4) is 0 Å². The van der Waals surface area contributed by atoms with Gasteiger partial charge >= 0.3 is 0 Å². The van der Waals surface area contributed by atoms with Crippen molar-refractivity contribution in [1.29, 1.82) is 0 Å². The van der Waals surface area contributed by atoms with E-state index in [1.54, 1.807) is 0 Å². The van der Waals surface area contributed by atoms with Crippen molar-refractivity contribution in [3.05, 3.63) is 11.7 Å². The Morgan fingerprint density at radius 2 is 1.54 bits per heavy atom. The van der Waals surface area contributed by atoms with E-state index in [-0.39, 0.29) is 0 Å². The fourth-order valence-corrected chi connectivity index (χ4v) is 0.548. The third-order valence-electron chi connectivity index (χ3n) is 1.04. The van der Waals surface area contributed by atoms with E-state index in [4.69, 9.17) is 4.52 Å². The minimum Gasteiger partial charge on any atom is -0.339 e. The summed E-state index contributed by atoms with van der Waals surface area (Å²) in [4.78, 5) is 4.03. The quantitative estimate of drug-likeness (QED) is 0.673. The lowest BCUT2D eigenvalue weighted by molar-refractivity contribution is 0.362. The van der Waals surface area contributed by atoms with Crippen LogP contribution in [0, 0.1) is 12.8 Å². The van der Waals surface area contributed by atoms with Crippen LogP contribution in [-0.2, 0) is 0 Å². The zero-order valence-electron chi connectivity index (χ0n) is 9.46. The van der Waals surface area contributed by atoms with E-state index in [1.807, 2.05) is 20.8 Å². The van der Waals surface area contributed by atoms with Gasteiger partial charge in [-0.2, -0.15) is 4.98 Å². The zero-order chi connectivity index (χ0) is 10.4.